The second kappa shape index (κ2) is 7.21. The third-order valence-corrected chi connectivity index (χ3v) is 4.02. The Morgan fingerprint density at radius 3 is 2.00 bits per heavy atom. The molecule has 6 nitrogen and oxygen atoms in total. The molecule has 27 heavy (non-hydrogen) atoms. The molecule has 2 N–H and O–H groups in total. The SMILES string of the molecule is COc1ccc(Oc2ncnc(Oc3ccc4ccccc4c3)c2N)cc1. The van der Waals surface area contributed by atoms with Crippen molar-refractivity contribution in [2.45, 2.75) is 0 Å². The molecule has 4 rings (SSSR count). The molecule has 0 saturated carbocycles. The molecule has 0 unspecified atom stereocenters. The highest BCUT2D eigenvalue weighted by Crippen LogP contribution is 2.34. The van der Waals surface area contributed by atoms with Crippen LogP contribution < -0.4 is 19.9 Å². The van der Waals surface area contributed by atoms with E-state index in [1.807, 2.05) is 42.5 Å². The van der Waals surface area contributed by atoms with Crippen LogP contribution in [0.25, 0.3) is 10.8 Å². The van der Waals surface area contributed by atoms with E-state index in [0.29, 0.717) is 11.5 Å². The Morgan fingerprint density at radius 2 is 1.30 bits per heavy atom. The molecule has 1 aromatic heterocycles. The smallest absolute Gasteiger partial charge is 0.249 e. The quantitative estimate of drug-likeness (QED) is 0.551. The van der Waals surface area contributed by atoms with Gasteiger partial charge in [0.25, 0.3) is 0 Å². The fourth-order valence-electron chi connectivity index (χ4n) is 2.62. The highest BCUT2D eigenvalue weighted by atomic mass is 16.5. The molecule has 1 heterocycles. The third kappa shape index (κ3) is 3.59. The van der Waals surface area contributed by atoms with Crippen molar-refractivity contribution >= 4 is 16.5 Å². The van der Waals surface area contributed by atoms with Crippen LogP contribution in [0.3, 0.4) is 0 Å². The third-order valence-electron chi connectivity index (χ3n) is 4.02. The predicted octanol–water partition coefficient (Wildman–Crippen LogP) is 4.81. The highest BCUT2D eigenvalue weighted by Gasteiger charge is 2.13. The van der Waals surface area contributed by atoms with Gasteiger partial charge in [-0.05, 0) is 47.2 Å². The maximum Gasteiger partial charge on any atom is 0.249 e. The number of benzene rings is 3. The number of hydrogen-bond acceptors (Lipinski definition) is 6. The molecule has 0 saturated heterocycles. The topological polar surface area (TPSA) is 79.5 Å². The van der Waals surface area contributed by atoms with E-state index < -0.39 is 0 Å². The first-order valence-electron chi connectivity index (χ1n) is 8.32. The Hall–Kier alpha value is -3.80. The Morgan fingerprint density at radius 1 is 0.704 bits per heavy atom. The van der Waals surface area contributed by atoms with Crippen LogP contribution in [0.1, 0.15) is 0 Å². The molecule has 4 aromatic rings. The zero-order chi connectivity index (χ0) is 18.6. The van der Waals surface area contributed by atoms with Gasteiger partial charge in [-0.25, -0.2) is 0 Å². The average Bonchev–Trinajstić information content (AvgIpc) is 2.71. The summed E-state index contributed by atoms with van der Waals surface area (Å²) in [4.78, 5) is 8.22. The molecular formula is C21H17N3O3. The fraction of sp³-hybridized carbons (Fsp3) is 0.0476. The van der Waals surface area contributed by atoms with Gasteiger partial charge in [0.15, 0.2) is 5.69 Å². The van der Waals surface area contributed by atoms with Crippen molar-refractivity contribution in [1.82, 2.24) is 9.97 Å². The molecule has 134 valence electrons. The molecule has 6 heteroatoms. The maximum absolute atomic E-state index is 6.15. The van der Waals surface area contributed by atoms with Crippen molar-refractivity contribution in [1.29, 1.82) is 0 Å². The first kappa shape index (κ1) is 16.7. The Kier molecular flexibility index (Phi) is 4.45. The van der Waals surface area contributed by atoms with Crippen LogP contribution in [-0.4, -0.2) is 17.1 Å². The van der Waals surface area contributed by atoms with Gasteiger partial charge in [0.1, 0.15) is 23.6 Å². The van der Waals surface area contributed by atoms with Crippen LogP contribution in [0.5, 0.6) is 29.0 Å². The lowest BCUT2D eigenvalue weighted by Gasteiger charge is -2.11. The van der Waals surface area contributed by atoms with E-state index in [1.54, 1.807) is 31.4 Å². The van der Waals surface area contributed by atoms with Gasteiger partial charge in [0.05, 0.1) is 7.11 Å². The normalized spacial score (nSPS) is 10.6. The predicted molar refractivity (Wildman–Crippen MR) is 104 cm³/mol. The molecular weight excluding hydrogens is 342 g/mol. The summed E-state index contributed by atoms with van der Waals surface area (Å²) in [6, 6.07) is 20.9. The van der Waals surface area contributed by atoms with Gasteiger partial charge < -0.3 is 19.9 Å². The van der Waals surface area contributed by atoms with Gasteiger partial charge in [-0.2, -0.15) is 9.97 Å². The number of fused-ring (bicyclic) bond motifs is 1. The minimum absolute atomic E-state index is 0.224. The van der Waals surface area contributed by atoms with Gasteiger partial charge in [0, 0.05) is 0 Å². The number of hydrogen-bond donors (Lipinski definition) is 1. The van der Waals surface area contributed by atoms with Crippen molar-refractivity contribution in [3.8, 4) is 29.0 Å². The summed E-state index contributed by atoms with van der Waals surface area (Å²) in [5, 5.41) is 2.20. The molecule has 3 aromatic carbocycles. The number of nitrogens with two attached hydrogens (primary N) is 1. The number of anilines is 1. The molecule has 0 radical (unpaired) electrons. The summed E-state index contributed by atoms with van der Waals surface area (Å²) in [7, 11) is 1.61. The van der Waals surface area contributed by atoms with Crippen molar-refractivity contribution in [2.75, 3.05) is 12.8 Å². The Labute approximate surface area is 156 Å². The summed E-state index contributed by atoms with van der Waals surface area (Å²) in [6.45, 7) is 0. The second-order valence-corrected chi connectivity index (χ2v) is 5.79. The van der Waals surface area contributed by atoms with E-state index in [1.165, 1.54) is 6.33 Å². The minimum atomic E-state index is 0.224. The lowest BCUT2D eigenvalue weighted by Crippen LogP contribution is -2.00. The zero-order valence-corrected chi connectivity index (χ0v) is 14.6. The zero-order valence-electron chi connectivity index (χ0n) is 14.6. The second-order valence-electron chi connectivity index (χ2n) is 5.79. The number of ether oxygens (including phenoxy) is 3. The number of rotatable bonds is 5. The molecule has 0 aliphatic carbocycles. The van der Waals surface area contributed by atoms with Crippen LogP contribution in [0.15, 0.2) is 73.1 Å². The van der Waals surface area contributed by atoms with Gasteiger partial charge >= 0.3 is 0 Å². The van der Waals surface area contributed by atoms with Gasteiger partial charge in [-0.3, -0.25) is 0 Å². The fourth-order valence-corrected chi connectivity index (χ4v) is 2.62. The standard InChI is InChI=1S/C21H17N3O3/c1-25-16-8-10-17(11-9-16)26-20-19(22)21(24-13-23-20)27-18-7-6-14-4-2-3-5-15(14)12-18/h2-13H,22H2,1H3. The van der Waals surface area contributed by atoms with Crippen molar-refractivity contribution in [3.05, 3.63) is 73.1 Å². The van der Waals surface area contributed by atoms with Crippen molar-refractivity contribution in [3.63, 3.8) is 0 Å². The average molecular weight is 359 g/mol. The lowest BCUT2D eigenvalue weighted by atomic mass is 10.1. The number of aromatic nitrogens is 2. The number of nitrogen functional groups attached to an aromatic ring is 1. The van der Waals surface area contributed by atoms with Crippen molar-refractivity contribution in [2.24, 2.45) is 0 Å². The van der Waals surface area contributed by atoms with Gasteiger partial charge in [0.2, 0.25) is 11.8 Å². The molecule has 0 bridgehead atoms. The lowest BCUT2D eigenvalue weighted by molar-refractivity contribution is 0.411. The molecule has 0 atom stereocenters. The van der Waals surface area contributed by atoms with E-state index in [9.17, 15) is 0 Å². The van der Waals surface area contributed by atoms with E-state index >= 15 is 0 Å². The summed E-state index contributed by atoms with van der Waals surface area (Å²) >= 11 is 0. The minimum Gasteiger partial charge on any atom is -0.497 e. The molecule has 0 aliphatic heterocycles. The van der Waals surface area contributed by atoms with E-state index in [2.05, 4.69) is 9.97 Å². The maximum atomic E-state index is 6.15. The molecule has 0 spiro atoms. The number of nitrogens with zero attached hydrogens (tertiary/aromatic N) is 2. The summed E-state index contributed by atoms with van der Waals surface area (Å²) < 4.78 is 16.7. The molecule has 0 aliphatic rings. The van der Waals surface area contributed by atoms with Crippen LogP contribution >= 0.6 is 0 Å². The first-order chi connectivity index (χ1) is 13.2. The van der Waals surface area contributed by atoms with Crippen LogP contribution in [0, 0.1) is 0 Å². The van der Waals surface area contributed by atoms with Crippen LogP contribution in [0.4, 0.5) is 5.69 Å². The Balaban J connectivity index is 1.58. The largest absolute Gasteiger partial charge is 0.497 e. The summed E-state index contributed by atoms with van der Waals surface area (Å²) in [6.07, 6.45) is 1.35. The highest BCUT2D eigenvalue weighted by molar-refractivity contribution is 5.83. The molecule has 0 amide bonds. The summed E-state index contributed by atoms with van der Waals surface area (Å²) in [5.74, 6) is 2.42. The monoisotopic (exact) mass is 359 g/mol. The first-order valence-corrected chi connectivity index (χ1v) is 8.32. The van der Waals surface area contributed by atoms with Gasteiger partial charge in [-0.15, -0.1) is 0 Å². The number of methoxy groups -OCH3 is 1. The molecule has 0 fully saturated rings. The Bertz CT molecular complexity index is 1080. The van der Waals surface area contributed by atoms with Crippen LogP contribution in [-0.2, 0) is 0 Å². The van der Waals surface area contributed by atoms with Crippen molar-refractivity contribution < 1.29 is 14.2 Å². The van der Waals surface area contributed by atoms with Gasteiger partial charge in [-0.1, -0.05) is 30.3 Å². The van der Waals surface area contributed by atoms with E-state index in [-0.39, 0.29) is 17.4 Å². The van der Waals surface area contributed by atoms with Crippen LogP contribution in [0.2, 0.25) is 0 Å². The summed E-state index contributed by atoms with van der Waals surface area (Å²) in [5.41, 5.74) is 6.37. The van der Waals surface area contributed by atoms with E-state index in [0.717, 1.165) is 16.5 Å². The van der Waals surface area contributed by atoms with E-state index in [4.69, 9.17) is 19.9 Å².